The van der Waals surface area contributed by atoms with E-state index in [1.807, 2.05) is 0 Å². The summed E-state index contributed by atoms with van der Waals surface area (Å²) in [5.74, 6) is -2.50. The summed E-state index contributed by atoms with van der Waals surface area (Å²) in [6.07, 6.45) is 3.26. The molecule has 1 N–H and O–H groups in total. The molecule has 0 saturated carbocycles. The Kier molecular flexibility index (Phi) is 9.65. The number of alkyl halides is 3. The minimum Gasteiger partial charge on any atom is -0.504 e. The number of aliphatic hydroxyl groups excluding tert-OH is 1. The number of fused-ring (bicyclic) bond motifs is 3. The zero-order chi connectivity index (χ0) is 24.7. The zero-order valence-corrected chi connectivity index (χ0v) is 22.0. The van der Waals surface area contributed by atoms with Gasteiger partial charge in [-0.1, -0.05) is 82.5 Å². The Labute approximate surface area is 214 Å². The second-order valence-electron chi connectivity index (χ2n) is 8.55. The molecule has 1 aromatic heterocycles. The van der Waals surface area contributed by atoms with E-state index in [1.54, 1.807) is 0 Å². The number of ketones is 1. The van der Waals surface area contributed by atoms with Gasteiger partial charge in [-0.05, 0) is 37.1 Å². The van der Waals surface area contributed by atoms with Crippen molar-refractivity contribution in [3.8, 4) is 0 Å². The molecule has 1 heterocycles. The third kappa shape index (κ3) is 7.35. The van der Waals surface area contributed by atoms with Crippen LogP contribution in [0.25, 0.3) is 21.8 Å². The van der Waals surface area contributed by atoms with E-state index in [1.165, 1.54) is 21.8 Å². The van der Waals surface area contributed by atoms with Gasteiger partial charge in [0.15, 0.2) is 5.78 Å². The van der Waals surface area contributed by atoms with Crippen LogP contribution >= 0.6 is 31.9 Å². The van der Waals surface area contributed by atoms with E-state index in [-0.39, 0.29) is 12.5 Å². The lowest BCUT2D eigenvalue weighted by Gasteiger charge is -2.08. The SMILES string of the molecule is O=C(/C=C(\O)C(F)(F)F)CCCCCCCCCCn1c2cc(Br)ccc2c2ccc(Br)cc21. The van der Waals surface area contributed by atoms with Crippen LogP contribution in [0.5, 0.6) is 0 Å². The smallest absolute Gasteiger partial charge is 0.448 e. The molecule has 34 heavy (non-hydrogen) atoms. The lowest BCUT2D eigenvalue weighted by molar-refractivity contribution is -0.125. The van der Waals surface area contributed by atoms with Crippen LogP contribution in [0.3, 0.4) is 0 Å². The van der Waals surface area contributed by atoms with Crippen LogP contribution in [0.2, 0.25) is 0 Å². The number of carbonyl (C=O) groups is 1. The highest BCUT2D eigenvalue weighted by Gasteiger charge is 2.34. The Bertz CT molecular complexity index is 1110. The molecule has 2 aromatic carbocycles. The number of aromatic nitrogens is 1. The molecule has 3 nitrogen and oxygen atoms in total. The van der Waals surface area contributed by atoms with E-state index < -0.39 is 17.7 Å². The van der Waals surface area contributed by atoms with Crippen molar-refractivity contribution in [3.63, 3.8) is 0 Å². The maximum absolute atomic E-state index is 12.2. The normalized spacial score (nSPS) is 12.7. The van der Waals surface area contributed by atoms with Crippen molar-refractivity contribution < 1.29 is 23.1 Å². The van der Waals surface area contributed by atoms with Crippen LogP contribution in [-0.2, 0) is 11.3 Å². The van der Waals surface area contributed by atoms with Gasteiger partial charge in [-0.25, -0.2) is 0 Å². The average Bonchev–Trinajstić information content (AvgIpc) is 3.06. The first-order chi connectivity index (χ1) is 16.2. The van der Waals surface area contributed by atoms with Gasteiger partial charge < -0.3 is 9.67 Å². The number of aryl methyl sites for hydroxylation is 1. The molecule has 3 aromatic rings. The van der Waals surface area contributed by atoms with Crippen LogP contribution < -0.4 is 0 Å². The molecule has 0 aliphatic rings. The van der Waals surface area contributed by atoms with Crippen LogP contribution in [0.15, 0.2) is 57.2 Å². The number of allylic oxidation sites excluding steroid dienone is 2. The minimum atomic E-state index is -4.86. The van der Waals surface area contributed by atoms with Gasteiger partial charge in [-0.2, -0.15) is 13.2 Å². The molecule has 3 rings (SSSR count). The summed E-state index contributed by atoms with van der Waals surface area (Å²) in [5.41, 5.74) is 2.46. The number of carbonyl (C=O) groups excluding carboxylic acids is 1. The molecule has 0 aliphatic carbocycles. The van der Waals surface area contributed by atoms with Crippen LogP contribution in [0.4, 0.5) is 13.2 Å². The molecule has 0 radical (unpaired) electrons. The standard InChI is InChI=1S/C26H28Br2F3NO2/c27-18-10-12-21-22-13-11-19(28)16-24(22)32(23(21)15-18)14-8-6-4-2-1-3-5-7-9-20(33)17-25(34)26(29,30)31/h10-13,15-17,34H,1-9,14H2/b25-17-. The largest absolute Gasteiger partial charge is 0.504 e. The van der Waals surface area contributed by atoms with Crippen LogP contribution in [-0.4, -0.2) is 21.6 Å². The van der Waals surface area contributed by atoms with Crippen molar-refractivity contribution in [2.75, 3.05) is 0 Å². The molecule has 0 amide bonds. The lowest BCUT2D eigenvalue weighted by Crippen LogP contribution is -2.13. The molecule has 0 spiro atoms. The predicted molar refractivity (Wildman–Crippen MR) is 138 cm³/mol. The van der Waals surface area contributed by atoms with E-state index in [4.69, 9.17) is 5.11 Å². The van der Waals surface area contributed by atoms with Crippen LogP contribution in [0, 0.1) is 0 Å². The molecule has 0 aliphatic heterocycles. The number of hydrogen-bond donors (Lipinski definition) is 1. The summed E-state index contributed by atoms with van der Waals surface area (Å²) in [5, 5.41) is 11.3. The van der Waals surface area contributed by atoms with E-state index >= 15 is 0 Å². The fourth-order valence-electron chi connectivity index (χ4n) is 4.22. The van der Waals surface area contributed by atoms with Gasteiger partial charge in [0, 0.05) is 38.8 Å². The molecule has 184 valence electrons. The minimum absolute atomic E-state index is 0.0329. The summed E-state index contributed by atoms with van der Waals surface area (Å²) in [7, 11) is 0. The van der Waals surface area contributed by atoms with Gasteiger partial charge in [0.1, 0.15) is 0 Å². The second kappa shape index (κ2) is 12.2. The van der Waals surface area contributed by atoms with Crippen molar-refractivity contribution in [3.05, 3.63) is 57.2 Å². The number of benzene rings is 2. The van der Waals surface area contributed by atoms with Crippen molar-refractivity contribution in [2.24, 2.45) is 0 Å². The predicted octanol–water partition coefficient (Wildman–Crippen LogP) is 9.40. The first-order valence-corrected chi connectivity index (χ1v) is 13.1. The lowest BCUT2D eigenvalue weighted by atomic mass is 10.1. The van der Waals surface area contributed by atoms with Gasteiger partial charge in [0.05, 0.1) is 11.0 Å². The average molecular weight is 603 g/mol. The van der Waals surface area contributed by atoms with Crippen molar-refractivity contribution in [1.82, 2.24) is 4.57 Å². The molecular weight excluding hydrogens is 575 g/mol. The highest BCUT2D eigenvalue weighted by atomic mass is 79.9. The summed E-state index contributed by atoms with van der Waals surface area (Å²) < 4.78 is 41.1. The third-order valence-electron chi connectivity index (χ3n) is 5.93. The van der Waals surface area contributed by atoms with E-state index in [2.05, 4.69) is 72.8 Å². The van der Waals surface area contributed by atoms with Gasteiger partial charge in [-0.15, -0.1) is 0 Å². The Morgan fingerprint density at radius 2 is 1.29 bits per heavy atom. The molecule has 0 fully saturated rings. The molecule has 0 unspecified atom stereocenters. The number of halogens is 5. The topological polar surface area (TPSA) is 42.2 Å². The fourth-order valence-corrected chi connectivity index (χ4v) is 4.92. The Balaban J connectivity index is 1.37. The molecule has 0 atom stereocenters. The highest BCUT2D eigenvalue weighted by molar-refractivity contribution is 9.10. The van der Waals surface area contributed by atoms with E-state index in [9.17, 15) is 18.0 Å². The van der Waals surface area contributed by atoms with Gasteiger partial charge >= 0.3 is 6.18 Å². The highest BCUT2D eigenvalue weighted by Crippen LogP contribution is 2.33. The monoisotopic (exact) mass is 601 g/mol. The number of hydrogen-bond acceptors (Lipinski definition) is 2. The number of aliphatic hydroxyl groups is 1. The molecular formula is C26H28Br2F3NO2. The second-order valence-corrected chi connectivity index (χ2v) is 10.4. The summed E-state index contributed by atoms with van der Waals surface area (Å²) in [6.45, 7) is 0.952. The Morgan fingerprint density at radius 3 is 1.79 bits per heavy atom. The molecule has 0 bridgehead atoms. The number of nitrogens with zero attached hydrogens (tertiary/aromatic N) is 1. The molecule has 8 heteroatoms. The summed E-state index contributed by atoms with van der Waals surface area (Å²) in [4.78, 5) is 11.5. The quantitative estimate of drug-likeness (QED) is 0.127. The first-order valence-electron chi connectivity index (χ1n) is 11.5. The van der Waals surface area contributed by atoms with Gasteiger partial charge in [0.25, 0.3) is 0 Å². The van der Waals surface area contributed by atoms with E-state index in [0.29, 0.717) is 6.42 Å². The fraction of sp³-hybridized carbons (Fsp3) is 0.423. The maximum atomic E-state index is 12.2. The van der Waals surface area contributed by atoms with Crippen molar-refractivity contribution >= 4 is 59.4 Å². The first kappa shape index (κ1) is 26.8. The van der Waals surface area contributed by atoms with Gasteiger partial charge in [0.2, 0.25) is 5.76 Å². The number of unbranched alkanes of at least 4 members (excludes halogenated alkanes) is 7. The summed E-state index contributed by atoms with van der Waals surface area (Å²) >= 11 is 7.18. The number of rotatable bonds is 12. The zero-order valence-electron chi connectivity index (χ0n) is 18.8. The Hall–Kier alpha value is -1.80. The third-order valence-corrected chi connectivity index (χ3v) is 6.92. The molecule has 0 saturated heterocycles. The van der Waals surface area contributed by atoms with E-state index in [0.717, 1.165) is 60.4 Å². The maximum Gasteiger partial charge on any atom is 0.448 e. The van der Waals surface area contributed by atoms with Crippen LogP contribution in [0.1, 0.15) is 57.8 Å². The summed E-state index contributed by atoms with van der Waals surface area (Å²) in [6, 6.07) is 12.8. The Morgan fingerprint density at radius 1 is 0.824 bits per heavy atom. The van der Waals surface area contributed by atoms with Crippen molar-refractivity contribution in [1.29, 1.82) is 0 Å². The van der Waals surface area contributed by atoms with Gasteiger partial charge in [-0.3, -0.25) is 4.79 Å². The van der Waals surface area contributed by atoms with Crippen molar-refractivity contribution in [2.45, 2.75) is 70.5 Å².